The molecule has 0 atom stereocenters. The predicted molar refractivity (Wildman–Crippen MR) is 72.1 cm³/mol. The van der Waals surface area contributed by atoms with Gasteiger partial charge in [-0.25, -0.2) is 0 Å². The van der Waals surface area contributed by atoms with Crippen LogP contribution >= 0.6 is 11.6 Å². The maximum atomic E-state index is 11.7. The zero-order valence-corrected chi connectivity index (χ0v) is 10.6. The van der Waals surface area contributed by atoms with Gasteiger partial charge >= 0.3 is 0 Å². The van der Waals surface area contributed by atoms with E-state index in [9.17, 15) is 4.79 Å². The summed E-state index contributed by atoms with van der Waals surface area (Å²) in [6.07, 6.45) is 0.380. The fourth-order valence-corrected chi connectivity index (χ4v) is 1.78. The molecule has 0 bridgehead atoms. The molecule has 0 amide bonds. The first-order chi connectivity index (χ1) is 8.75. The number of rotatable bonds is 5. The van der Waals surface area contributed by atoms with Crippen molar-refractivity contribution in [3.63, 3.8) is 0 Å². The third-order valence-corrected chi connectivity index (χ3v) is 2.78. The van der Waals surface area contributed by atoms with Gasteiger partial charge in [-0.1, -0.05) is 54.1 Å². The maximum absolute atomic E-state index is 11.7. The summed E-state index contributed by atoms with van der Waals surface area (Å²) >= 11 is 5.93. The Hall–Kier alpha value is -1.80. The lowest BCUT2D eigenvalue weighted by Gasteiger charge is -2.06. The van der Waals surface area contributed by atoms with Crippen LogP contribution < -0.4 is 4.74 Å². The highest BCUT2D eigenvalue weighted by atomic mass is 35.5. The van der Waals surface area contributed by atoms with E-state index >= 15 is 0 Å². The molecule has 92 valence electrons. The molecule has 0 N–H and O–H groups in total. The SMILES string of the molecule is O=C(COc1ccccc1Cl)Cc1ccccc1. The van der Waals surface area contributed by atoms with Crippen LogP contribution in [0.15, 0.2) is 54.6 Å². The molecule has 0 heterocycles. The number of ketones is 1. The molecule has 0 saturated carbocycles. The number of carbonyl (C=O) groups is 1. The van der Waals surface area contributed by atoms with Gasteiger partial charge < -0.3 is 4.74 Å². The minimum atomic E-state index is 0.0288. The van der Waals surface area contributed by atoms with Gasteiger partial charge in [0.1, 0.15) is 12.4 Å². The van der Waals surface area contributed by atoms with Crippen molar-refractivity contribution in [2.45, 2.75) is 6.42 Å². The van der Waals surface area contributed by atoms with Gasteiger partial charge in [0.15, 0.2) is 5.78 Å². The quantitative estimate of drug-likeness (QED) is 0.822. The second-order valence-corrected chi connectivity index (χ2v) is 4.33. The first-order valence-corrected chi connectivity index (χ1v) is 6.06. The molecular formula is C15H13ClO2. The van der Waals surface area contributed by atoms with Crippen molar-refractivity contribution in [1.82, 2.24) is 0 Å². The number of benzene rings is 2. The molecule has 2 aromatic rings. The molecule has 0 fully saturated rings. The van der Waals surface area contributed by atoms with E-state index in [-0.39, 0.29) is 12.4 Å². The first-order valence-electron chi connectivity index (χ1n) is 5.68. The summed E-state index contributed by atoms with van der Waals surface area (Å²) in [7, 11) is 0. The van der Waals surface area contributed by atoms with Crippen LogP contribution in [0.3, 0.4) is 0 Å². The Morgan fingerprint density at radius 2 is 1.67 bits per heavy atom. The minimum absolute atomic E-state index is 0.0288. The average molecular weight is 261 g/mol. The van der Waals surface area contributed by atoms with Gasteiger partial charge in [0.2, 0.25) is 0 Å². The highest BCUT2D eigenvalue weighted by Crippen LogP contribution is 2.22. The Kier molecular flexibility index (Phi) is 4.37. The van der Waals surface area contributed by atoms with Crippen LogP contribution in [-0.2, 0) is 11.2 Å². The van der Waals surface area contributed by atoms with Crippen LogP contribution in [-0.4, -0.2) is 12.4 Å². The molecule has 2 nitrogen and oxygen atoms in total. The Morgan fingerprint density at radius 1 is 1.00 bits per heavy atom. The number of para-hydroxylation sites is 1. The van der Waals surface area contributed by atoms with Crippen molar-refractivity contribution in [3.05, 3.63) is 65.2 Å². The Bertz CT molecular complexity index is 523. The minimum Gasteiger partial charge on any atom is -0.484 e. The van der Waals surface area contributed by atoms with Gasteiger partial charge in [0, 0.05) is 6.42 Å². The lowest BCUT2D eigenvalue weighted by atomic mass is 10.1. The summed E-state index contributed by atoms with van der Waals surface area (Å²) in [5.74, 6) is 0.571. The molecule has 0 spiro atoms. The maximum Gasteiger partial charge on any atom is 0.174 e. The van der Waals surface area contributed by atoms with Crippen LogP contribution in [0.5, 0.6) is 5.75 Å². The zero-order chi connectivity index (χ0) is 12.8. The Balaban J connectivity index is 1.88. The third kappa shape index (κ3) is 3.60. The van der Waals surface area contributed by atoms with Crippen LogP contribution in [0.4, 0.5) is 0 Å². The van der Waals surface area contributed by atoms with Crippen molar-refractivity contribution < 1.29 is 9.53 Å². The number of Topliss-reactive ketones (excluding diaryl/α,β-unsaturated/α-hetero) is 1. The Morgan fingerprint density at radius 3 is 2.39 bits per heavy atom. The Labute approximate surface area is 111 Å². The highest BCUT2D eigenvalue weighted by Gasteiger charge is 2.06. The molecule has 0 aliphatic carbocycles. The van der Waals surface area contributed by atoms with E-state index < -0.39 is 0 Å². The topological polar surface area (TPSA) is 26.3 Å². The molecule has 18 heavy (non-hydrogen) atoms. The second kappa shape index (κ2) is 6.22. The average Bonchev–Trinajstić information content (AvgIpc) is 2.39. The van der Waals surface area contributed by atoms with Crippen LogP contribution in [0.25, 0.3) is 0 Å². The third-order valence-electron chi connectivity index (χ3n) is 2.47. The van der Waals surface area contributed by atoms with Gasteiger partial charge in [-0.3, -0.25) is 4.79 Å². The molecular weight excluding hydrogens is 248 g/mol. The smallest absolute Gasteiger partial charge is 0.174 e. The molecule has 2 rings (SSSR count). The van der Waals surface area contributed by atoms with Gasteiger partial charge in [0.25, 0.3) is 0 Å². The van der Waals surface area contributed by atoms with E-state index in [4.69, 9.17) is 16.3 Å². The fourth-order valence-electron chi connectivity index (χ4n) is 1.59. The lowest BCUT2D eigenvalue weighted by Crippen LogP contribution is -2.13. The number of halogens is 1. The largest absolute Gasteiger partial charge is 0.484 e. The summed E-state index contributed by atoms with van der Waals surface area (Å²) in [6.45, 7) is 0.0403. The van der Waals surface area contributed by atoms with E-state index in [1.165, 1.54) is 0 Å². The van der Waals surface area contributed by atoms with Gasteiger partial charge in [-0.2, -0.15) is 0 Å². The van der Waals surface area contributed by atoms with E-state index in [0.29, 0.717) is 17.2 Å². The summed E-state index contributed by atoms with van der Waals surface area (Å²) in [5.41, 5.74) is 0.991. The monoisotopic (exact) mass is 260 g/mol. The first kappa shape index (κ1) is 12.7. The normalized spacial score (nSPS) is 10.1. The van der Waals surface area contributed by atoms with Gasteiger partial charge in [-0.05, 0) is 17.7 Å². The summed E-state index contributed by atoms with van der Waals surface area (Å²) in [5, 5.41) is 0.519. The van der Waals surface area contributed by atoms with E-state index in [1.54, 1.807) is 12.1 Å². The number of ether oxygens (including phenoxy) is 1. The molecule has 0 aliphatic rings. The fraction of sp³-hybridized carbons (Fsp3) is 0.133. The molecule has 2 aromatic carbocycles. The molecule has 0 unspecified atom stereocenters. The van der Waals surface area contributed by atoms with Gasteiger partial charge in [0.05, 0.1) is 5.02 Å². The molecule has 3 heteroatoms. The van der Waals surface area contributed by atoms with E-state index in [2.05, 4.69) is 0 Å². The van der Waals surface area contributed by atoms with Crippen LogP contribution in [0.1, 0.15) is 5.56 Å². The van der Waals surface area contributed by atoms with Crippen LogP contribution in [0, 0.1) is 0 Å². The van der Waals surface area contributed by atoms with E-state index in [1.807, 2.05) is 42.5 Å². The number of carbonyl (C=O) groups excluding carboxylic acids is 1. The van der Waals surface area contributed by atoms with E-state index in [0.717, 1.165) is 5.56 Å². The van der Waals surface area contributed by atoms with Crippen molar-refractivity contribution in [3.8, 4) is 5.75 Å². The number of hydrogen-bond acceptors (Lipinski definition) is 2. The summed E-state index contributed by atoms with van der Waals surface area (Å²) in [4.78, 5) is 11.7. The standard InChI is InChI=1S/C15H13ClO2/c16-14-8-4-5-9-15(14)18-11-13(17)10-12-6-2-1-3-7-12/h1-9H,10-11H2. The zero-order valence-electron chi connectivity index (χ0n) is 9.80. The van der Waals surface area contributed by atoms with Gasteiger partial charge in [-0.15, -0.1) is 0 Å². The number of hydrogen-bond donors (Lipinski definition) is 0. The second-order valence-electron chi connectivity index (χ2n) is 3.92. The van der Waals surface area contributed by atoms with Crippen molar-refractivity contribution >= 4 is 17.4 Å². The molecule has 0 aromatic heterocycles. The lowest BCUT2D eigenvalue weighted by molar-refractivity contribution is -0.120. The highest BCUT2D eigenvalue weighted by molar-refractivity contribution is 6.32. The summed E-state index contributed by atoms with van der Waals surface area (Å²) < 4.78 is 5.39. The molecule has 0 aliphatic heterocycles. The summed E-state index contributed by atoms with van der Waals surface area (Å²) in [6, 6.07) is 16.7. The molecule has 0 radical (unpaired) electrons. The van der Waals surface area contributed by atoms with Crippen molar-refractivity contribution in [2.75, 3.05) is 6.61 Å². The van der Waals surface area contributed by atoms with Crippen molar-refractivity contribution in [1.29, 1.82) is 0 Å². The van der Waals surface area contributed by atoms with Crippen molar-refractivity contribution in [2.24, 2.45) is 0 Å². The van der Waals surface area contributed by atoms with Crippen LogP contribution in [0.2, 0.25) is 5.02 Å². The predicted octanol–water partition coefficient (Wildman–Crippen LogP) is 3.53. The molecule has 0 saturated heterocycles.